The van der Waals surface area contributed by atoms with Crippen LogP contribution in [0.2, 0.25) is 0 Å². The predicted octanol–water partition coefficient (Wildman–Crippen LogP) is 3.69. The van der Waals surface area contributed by atoms with E-state index in [1.807, 2.05) is 45.0 Å². The number of nitrogens with zero attached hydrogens (tertiary/aromatic N) is 1. The first kappa shape index (κ1) is 21.9. The summed E-state index contributed by atoms with van der Waals surface area (Å²) in [7, 11) is 0. The summed E-state index contributed by atoms with van der Waals surface area (Å²) >= 11 is 0. The molecule has 2 aromatic carbocycles. The van der Waals surface area contributed by atoms with Crippen LogP contribution in [0.15, 0.2) is 42.1 Å². The number of carbonyl (C=O) groups is 2. The van der Waals surface area contributed by atoms with Gasteiger partial charge in [-0.1, -0.05) is 23.8 Å². The number of carbonyl (C=O) groups excluding carboxylic acids is 2. The van der Waals surface area contributed by atoms with Crippen molar-refractivity contribution in [3.05, 3.63) is 58.8 Å². The minimum atomic E-state index is -0.337. The highest BCUT2D eigenvalue weighted by molar-refractivity contribution is 6.36. The third-order valence-electron chi connectivity index (χ3n) is 5.51. The number of nitrogens with one attached hydrogen (secondary N) is 1. The molecule has 0 fully saturated rings. The first-order valence-corrected chi connectivity index (χ1v) is 10.9. The number of hydrogen-bond acceptors (Lipinski definition) is 6. The second kappa shape index (κ2) is 9.44. The van der Waals surface area contributed by atoms with Gasteiger partial charge in [-0.3, -0.25) is 14.5 Å². The molecule has 32 heavy (non-hydrogen) atoms. The zero-order chi connectivity index (χ0) is 22.7. The van der Waals surface area contributed by atoms with E-state index < -0.39 is 0 Å². The van der Waals surface area contributed by atoms with Crippen LogP contribution < -0.4 is 14.8 Å². The summed E-state index contributed by atoms with van der Waals surface area (Å²) in [5.41, 5.74) is 4.11. The SMILES string of the molecule is CCOCCCN1C(=O)C(Nc2ccc3c(c2)OCCO3)=C(c2ccc(C)cc2C)C1=O. The lowest BCUT2D eigenvalue weighted by atomic mass is 9.97. The molecule has 2 aliphatic heterocycles. The average Bonchev–Trinajstić information content (AvgIpc) is 3.01. The molecule has 1 N–H and O–H groups in total. The monoisotopic (exact) mass is 436 g/mol. The lowest BCUT2D eigenvalue weighted by Crippen LogP contribution is -2.34. The molecule has 0 saturated heterocycles. The Hall–Kier alpha value is -3.32. The van der Waals surface area contributed by atoms with Crippen LogP contribution in [0, 0.1) is 13.8 Å². The van der Waals surface area contributed by atoms with E-state index in [0.29, 0.717) is 62.2 Å². The molecule has 0 atom stereocenters. The lowest BCUT2D eigenvalue weighted by molar-refractivity contribution is -0.137. The van der Waals surface area contributed by atoms with Gasteiger partial charge < -0.3 is 19.5 Å². The van der Waals surface area contributed by atoms with E-state index >= 15 is 0 Å². The molecular formula is C25H28N2O5. The molecule has 168 valence electrons. The van der Waals surface area contributed by atoms with Crippen LogP contribution in [0.3, 0.4) is 0 Å². The van der Waals surface area contributed by atoms with Crippen LogP contribution in [-0.4, -0.2) is 49.7 Å². The number of amides is 2. The van der Waals surface area contributed by atoms with E-state index in [1.165, 1.54) is 4.90 Å². The van der Waals surface area contributed by atoms with E-state index in [1.54, 1.807) is 12.1 Å². The summed E-state index contributed by atoms with van der Waals surface area (Å²) in [5.74, 6) is 0.645. The quantitative estimate of drug-likeness (QED) is 0.502. The molecule has 0 saturated carbocycles. The van der Waals surface area contributed by atoms with Gasteiger partial charge in [0.25, 0.3) is 11.8 Å². The molecule has 0 aliphatic carbocycles. The summed E-state index contributed by atoms with van der Waals surface area (Å²) in [6.45, 7) is 8.25. The van der Waals surface area contributed by atoms with Crippen molar-refractivity contribution >= 4 is 23.1 Å². The zero-order valence-electron chi connectivity index (χ0n) is 18.7. The number of anilines is 1. The first-order chi connectivity index (χ1) is 15.5. The van der Waals surface area contributed by atoms with Crippen molar-refractivity contribution in [3.63, 3.8) is 0 Å². The number of ether oxygens (including phenoxy) is 3. The number of fused-ring (bicyclic) bond motifs is 1. The third-order valence-corrected chi connectivity index (χ3v) is 5.51. The van der Waals surface area contributed by atoms with Crippen molar-refractivity contribution in [3.8, 4) is 11.5 Å². The molecule has 0 spiro atoms. The minimum Gasteiger partial charge on any atom is -0.486 e. The molecule has 2 amide bonds. The van der Waals surface area contributed by atoms with Gasteiger partial charge in [-0.25, -0.2) is 0 Å². The van der Waals surface area contributed by atoms with Gasteiger partial charge in [0.1, 0.15) is 18.9 Å². The van der Waals surface area contributed by atoms with Gasteiger partial charge in [0.2, 0.25) is 0 Å². The zero-order valence-corrected chi connectivity index (χ0v) is 18.7. The summed E-state index contributed by atoms with van der Waals surface area (Å²) in [6.07, 6.45) is 0.586. The van der Waals surface area contributed by atoms with Crippen molar-refractivity contribution in [2.45, 2.75) is 27.2 Å². The van der Waals surface area contributed by atoms with Gasteiger partial charge >= 0.3 is 0 Å². The highest BCUT2D eigenvalue weighted by atomic mass is 16.6. The van der Waals surface area contributed by atoms with E-state index in [2.05, 4.69) is 5.32 Å². The van der Waals surface area contributed by atoms with E-state index in [4.69, 9.17) is 14.2 Å². The second-order valence-electron chi connectivity index (χ2n) is 7.86. The molecule has 0 bridgehead atoms. The molecule has 2 aliphatic rings. The fourth-order valence-electron chi connectivity index (χ4n) is 3.97. The molecule has 2 heterocycles. The van der Waals surface area contributed by atoms with Gasteiger partial charge in [0.15, 0.2) is 11.5 Å². The van der Waals surface area contributed by atoms with E-state index in [0.717, 1.165) is 16.7 Å². The Kier molecular flexibility index (Phi) is 6.46. The maximum atomic E-state index is 13.4. The van der Waals surface area contributed by atoms with Crippen LogP contribution in [0.5, 0.6) is 11.5 Å². The van der Waals surface area contributed by atoms with Crippen LogP contribution in [0.1, 0.15) is 30.0 Å². The summed E-state index contributed by atoms with van der Waals surface area (Å²) in [5, 5.41) is 3.19. The van der Waals surface area contributed by atoms with Crippen LogP contribution >= 0.6 is 0 Å². The Bertz CT molecular complexity index is 1080. The van der Waals surface area contributed by atoms with E-state index in [-0.39, 0.29) is 17.5 Å². The molecular weight excluding hydrogens is 408 g/mol. The number of hydrogen-bond donors (Lipinski definition) is 1. The summed E-state index contributed by atoms with van der Waals surface area (Å²) in [6, 6.07) is 11.3. The van der Waals surface area contributed by atoms with Crippen LogP contribution in [-0.2, 0) is 14.3 Å². The highest BCUT2D eigenvalue weighted by Gasteiger charge is 2.39. The largest absolute Gasteiger partial charge is 0.486 e. The molecule has 0 radical (unpaired) electrons. The van der Waals surface area contributed by atoms with Crippen molar-refractivity contribution in [1.29, 1.82) is 0 Å². The summed E-state index contributed by atoms with van der Waals surface area (Å²) in [4.78, 5) is 28.0. The maximum absolute atomic E-state index is 13.4. The number of rotatable bonds is 8. The second-order valence-corrected chi connectivity index (χ2v) is 7.86. The Balaban J connectivity index is 1.69. The standard InChI is InChI=1S/C25H28N2O5/c1-4-30-11-5-10-27-24(28)22(19-8-6-16(2)14-17(19)3)23(25(27)29)26-18-7-9-20-21(15-18)32-13-12-31-20/h6-9,14-15,26H,4-5,10-13H2,1-3H3. The van der Waals surface area contributed by atoms with Crippen LogP contribution in [0.25, 0.3) is 5.57 Å². The maximum Gasteiger partial charge on any atom is 0.278 e. The van der Waals surface area contributed by atoms with Gasteiger partial charge in [-0.15, -0.1) is 0 Å². The third kappa shape index (κ3) is 4.34. The highest BCUT2D eigenvalue weighted by Crippen LogP contribution is 2.36. The van der Waals surface area contributed by atoms with Gasteiger partial charge in [-0.2, -0.15) is 0 Å². The Morgan fingerprint density at radius 2 is 1.78 bits per heavy atom. The van der Waals surface area contributed by atoms with Crippen LogP contribution in [0.4, 0.5) is 5.69 Å². The Morgan fingerprint density at radius 1 is 1.00 bits per heavy atom. The van der Waals surface area contributed by atoms with Gasteiger partial charge in [0, 0.05) is 31.5 Å². The fourth-order valence-corrected chi connectivity index (χ4v) is 3.97. The lowest BCUT2D eigenvalue weighted by Gasteiger charge is -2.19. The molecule has 4 rings (SSSR count). The molecule has 2 aromatic rings. The topological polar surface area (TPSA) is 77.1 Å². The number of aryl methyl sites for hydroxylation is 2. The Morgan fingerprint density at radius 3 is 2.53 bits per heavy atom. The number of benzene rings is 2. The van der Waals surface area contributed by atoms with Crippen molar-refractivity contribution in [2.75, 3.05) is 38.3 Å². The van der Waals surface area contributed by atoms with Gasteiger partial charge in [0.05, 0.1) is 5.57 Å². The average molecular weight is 437 g/mol. The molecule has 0 unspecified atom stereocenters. The molecule has 7 heteroatoms. The molecule has 7 nitrogen and oxygen atoms in total. The van der Waals surface area contributed by atoms with E-state index in [9.17, 15) is 9.59 Å². The van der Waals surface area contributed by atoms with Gasteiger partial charge in [-0.05, 0) is 50.5 Å². The normalized spacial score (nSPS) is 15.5. The van der Waals surface area contributed by atoms with Crippen molar-refractivity contribution < 1.29 is 23.8 Å². The smallest absolute Gasteiger partial charge is 0.278 e. The van der Waals surface area contributed by atoms with Crippen molar-refractivity contribution in [1.82, 2.24) is 4.90 Å². The number of imide groups is 1. The Labute approximate surface area is 188 Å². The predicted molar refractivity (Wildman–Crippen MR) is 122 cm³/mol. The summed E-state index contributed by atoms with van der Waals surface area (Å²) < 4.78 is 16.6. The molecule has 0 aromatic heterocycles. The first-order valence-electron chi connectivity index (χ1n) is 10.9. The minimum absolute atomic E-state index is 0.273. The van der Waals surface area contributed by atoms with Crippen molar-refractivity contribution in [2.24, 2.45) is 0 Å². The fraction of sp³-hybridized carbons (Fsp3) is 0.360.